The summed E-state index contributed by atoms with van der Waals surface area (Å²) in [5, 5.41) is 4.59. The Labute approximate surface area is 108 Å². The van der Waals surface area contributed by atoms with Gasteiger partial charge in [-0.2, -0.15) is 0 Å². The fourth-order valence-electron chi connectivity index (χ4n) is 1.88. The van der Waals surface area contributed by atoms with Crippen molar-refractivity contribution in [1.82, 2.24) is 9.97 Å². The summed E-state index contributed by atoms with van der Waals surface area (Å²) in [6.07, 6.45) is 3.53. The van der Waals surface area contributed by atoms with E-state index in [1.807, 2.05) is 29.8 Å². The van der Waals surface area contributed by atoms with E-state index in [2.05, 4.69) is 9.97 Å². The van der Waals surface area contributed by atoms with Crippen LogP contribution in [0, 0.1) is 0 Å². The molecule has 0 radical (unpaired) electrons. The van der Waals surface area contributed by atoms with Crippen LogP contribution in [-0.4, -0.2) is 17.1 Å². The Morgan fingerprint density at radius 3 is 2.89 bits per heavy atom. The number of methoxy groups -OCH3 is 1. The largest absolute Gasteiger partial charge is 0.494 e. The highest BCUT2D eigenvalue weighted by Crippen LogP contribution is 2.30. The monoisotopic (exact) mass is 257 g/mol. The van der Waals surface area contributed by atoms with Crippen LogP contribution in [0.25, 0.3) is 22.0 Å². The highest BCUT2D eigenvalue weighted by Gasteiger charge is 2.06. The second-order valence-corrected chi connectivity index (χ2v) is 4.74. The normalized spacial score (nSPS) is 10.7. The van der Waals surface area contributed by atoms with E-state index in [9.17, 15) is 0 Å². The Morgan fingerprint density at radius 1 is 1.28 bits per heavy atom. The van der Waals surface area contributed by atoms with Crippen molar-refractivity contribution in [3.63, 3.8) is 0 Å². The Hall–Kier alpha value is -2.14. The van der Waals surface area contributed by atoms with E-state index in [-0.39, 0.29) is 0 Å². The minimum atomic E-state index is 0.576. The van der Waals surface area contributed by atoms with Gasteiger partial charge in [-0.1, -0.05) is 12.1 Å². The number of ether oxygens (including phenoxy) is 1. The zero-order valence-corrected chi connectivity index (χ0v) is 10.6. The second-order valence-electron chi connectivity index (χ2n) is 3.85. The van der Waals surface area contributed by atoms with Crippen LogP contribution in [0.5, 0.6) is 5.75 Å². The molecular weight excluding hydrogens is 246 g/mol. The number of thiazole rings is 1. The lowest BCUT2D eigenvalue weighted by atomic mass is 10.1. The van der Waals surface area contributed by atoms with Crippen LogP contribution >= 0.6 is 11.3 Å². The van der Waals surface area contributed by atoms with E-state index in [0.29, 0.717) is 5.13 Å². The second kappa shape index (κ2) is 4.27. The molecule has 0 aliphatic rings. The average Bonchev–Trinajstić information content (AvgIpc) is 2.84. The molecule has 5 heteroatoms. The van der Waals surface area contributed by atoms with Crippen LogP contribution in [0.1, 0.15) is 0 Å². The van der Waals surface area contributed by atoms with Gasteiger partial charge in [0.25, 0.3) is 0 Å². The lowest BCUT2D eigenvalue weighted by Crippen LogP contribution is -1.88. The van der Waals surface area contributed by atoms with Crippen LogP contribution in [0.15, 0.2) is 36.0 Å². The number of anilines is 1. The average molecular weight is 257 g/mol. The Kier molecular flexibility index (Phi) is 2.60. The van der Waals surface area contributed by atoms with E-state index >= 15 is 0 Å². The number of fused-ring (bicyclic) bond motifs is 1. The van der Waals surface area contributed by atoms with Crippen molar-refractivity contribution in [2.45, 2.75) is 0 Å². The third-order valence-electron chi connectivity index (χ3n) is 2.76. The van der Waals surface area contributed by atoms with Gasteiger partial charge in [0.15, 0.2) is 5.13 Å². The smallest absolute Gasteiger partial charge is 0.180 e. The molecule has 3 rings (SSSR count). The van der Waals surface area contributed by atoms with Crippen molar-refractivity contribution in [2.75, 3.05) is 12.8 Å². The number of hydrogen-bond acceptors (Lipinski definition) is 5. The molecule has 0 saturated carbocycles. The SMILES string of the molecule is COc1cncc2ccc(-c3csc(N)n3)cc12. The summed E-state index contributed by atoms with van der Waals surface area (Å²) in [7, 11) is 1.64. The molecule has 0 spiro atoms. The zero-order chi connectivity index (χ0) is 12.5. The van der Waals surface area contributed by atoms with Crippen LogP contribution in [-0.2, 0) is 0 Å². The maximum absolute atomic E-state index is 5.66. The number of benzene rings is 1. The van der Waals surface area contributed by atoms with Crippen LogP contribution in [0.2, 0.25) is 0 Å². The summed E-state index contributed by atoms with van der Waals surface area (Å²) in [4.78, 5) is 8.41. The minimum Gasteiger partial charge on any atom is -0.494 e. The maximum Gasteiger partial charge on any atom is 0.180 e. The van der Waals surface area contributed by atoms with E-state index in [1.165, 1.54) is 11.3 Å². The van der Waals surface area contributed by atoms with Gasteiger partial charge in [-0.15, -0.1) is 11.3 Å². The van der Waals surface area contributed by atoms with E-state index in [1.54, 1.807) is 13.3 Å². The third kappa shape index (κ3) is 1.78. The van der Waals surface area contributed by atoms with Crippen molar-refractivity contribution in [1.29, 1.82) is 0 Å². The summed E-state index contributed by atoms with van der Waals surface area (Å²) >= 11 is 1.44. The predicted octanol–water partition coefficient (Wildman–Crippen LogP) is 2.95. The fraction of sp³-hybridized carbons (Fsp3) is 0.0769. The molecule has 0 fully saturated rings. The first-order valence-electron chi connectivity index (χ1n) is 5.41. The summed E-state index contributed by atoms with van der Waals surface area (Å²) < 4.78 is 5.32. The maximum atomic E-state index is 5.66. The summed E-state index contributed by atoms with van der Waals surface area (Å²) in [5.41, 5.74) is 7.57. The summed E-state index contributed by atoms with van der Waals surface area (Å²) in [5.74, 6) is 0.762. The van der Waals surface area contributed by atoms with Gasteiger partial charge in [0.05, 0.1) is 19.0 Å². The van der Waals surface area contributed by atoms with Gasteiger partial charge in [-0.05, 0) is 6.07 Å². The van der Waals surface area contributed by atoms with Crippen LogP contribution < -0.4 is 10.5 Å². The van der Waals surface area contributed by atoms with Crippen molar-refractivity contribution in [3.8, 4) is 17.0 Å². The third-order valence-corrected chi connectivity index (χ3v) is 3.44. The Morgan fingerprint density at radius 2 is 2.17 bits per heavy atom. The molecular formula is C13H11N3OS. The molecule has 3 aromatic rings. The zero-order valence-electron chi connectivity index (χ0n) is 9.75. The van der Waals surface area contributed by atoms with E-state index in [0.717, 1.165) is 27.8 Å². The summed E-state index contributed by atoms with van der Waals surface area (Å²) in [6.45, 7) is 0. The van der Waals surface area contributed by atoms with Gasteiger partial charge in [-0.3, -0.25) is 4.98 Å². The van der Waals surface area contributed by atoms with Crippen molar-refractivity contribution in [3.05, 3.63) is 36.0 Å². The van der Waals surface area contributed by atoms with Gasteiger partial charge in [-0.25, -0.2) is 4.98 Å². The van der Waals surface area contributed by atoms with Gasteiger partial charge < -0.3 is 10.5 Å². The van der Waals surface area contributed by atoms with Gasteiger partial charge >= 0.3 is 0 Å². The molecule has 2 N–H and O–H groups in total. The predicted molar refractivity (Wildman–Crippen MR) is 73.8 cm³/mol. The first-order chi connectivity index (χ1) is 8.78. The molecule has 2 aromatic heterocycles. The van der Waals surface area contributed by atoms with Gasteiger partial charge in [0.2, 0.25) is 0 Å². The highest BCUT2D eigenvalue weighted by atomic mass is 32.1. The quantitative estimate of drug-likeness (QED) is 0.766. The standard InChI is InChI=1S/C13H11N3OS/c1-17-12-6-15-5-9-3-2-8(4-10(9)12)11-7-18-13(14)16-11/h2-7H,1H3,(H2,14,16). The number of nitrogens with two attached hydrogens (primary N) is 1. The molecule has 0 amide bonds. The molecule has 1 aromatic carbocycles. The molecule has 90 valence electrons. The van der Waals surface area contributed by atoms with Crippen LogP contribution in [0.4, 0.5) is 5.13 Å². The topological polar surface area (TPSA) is 61.0 Å². The number of pyridine rings is 1. The Balaban J connectivity index is 2.21. The minimum absolute atomic E-state index is 0.576. The van der Waals surface area contributed by atoms with E-state index < -0.39 is 0 Å². The Bertz CT molecular complexity index is 708. The number of nitrogen functional groups attached to an aromatic ring is 1. The lowest BCUT2D eigenvalue weighted by Gasteiger charge is -2.05. The molecule has 0 saturated heterocycles. The molecule has 4 nitrogen and oxygen atoms in total. The lowest BCUT2D eigenvalue weighted by molar-refractivity contribution is 0.418. The van der Waals surface area contributed by atoms with Crippen molar-refractivity contribution < 1.29 is 4.74 Å². The first-order valence-corrected chi connectivity index (χ1v) is 6.29. The van der Waals surface area contributed by atoms with E-state index in [4.69, 9.17) is 10.5 Å². The molecule has 0 aliphatic carbocycles. The van der Waals surface area contributed by atoms with Crippen molar-refractivity contribution >= 4 is 27.2 Å². The fourth-order valence-corrected chi connectivity index (χ4v) is 2.45. The van der Waals surface area contributed by atoms with Crippen molar-refractivity contribution in [2.24, 2.45) is 0 Å². The highest BCUT2D eigenvalue weighted by molar-refractivity contribution is 7.13. The van der Waals surface area contributed by atoms with Crippen LogP contribution in [0.3, 0.4) is 0 Å². The first kappa shape index (κ1) is 11.0. The number of aromatic nitrogens is 2. The molecule has 18 heavy (non-hydrogen) atoms. The number of rotatable bonds is 2. The molecule has 0 bridgehead atoms. The van der Waals surface area contributed by atoms with Gasteiger partial charge in [0, 0.05) is 27.9 Å². The number of nitrogens with zero attached hydrogens (tertiary/aromatic N) is 2. The summed E-state index contributed by atoms with van der Waals surface area (Å²) in [6, 6.07) is 6.07. The molecule has 0 unspecified atom stereocenters. The number of hydrogen-bond donors (Lipinski definition) is 1. The molecule has 0 aliphatic heterocycles. The molecule has 2 heterocycles. The van der Waals surface area contributed by atoms with Gasteiger partial charge in [0.1, 0.15) is 5.75 Å². The molecule has 0 atom stereocenters.